The van der Waals surface area contributed by atoms with Crippen LogP contribution in [0, 0.1) is 0 Å². The average molecular weight is 142 g/mol. The number of hydrogen-bond donors (Lipinski definition) is 2. The highest BCUT2D eigenvalue weighted by atomic mass is 16.3. The van der Waals surface area contributed by atoms with Crippen LogP contribution < -0.4 is 0 Å². The van der Waals surface area contributed by atoms with Crippen molar-refractivity contribution < 1.29 is 10.2 Å². The zero-order valence-corrected chi connectivity index (χ0v) is 6.03. The maximum Gasteiger partial charge on any atom is 0.0721 e. The van der Waals surface area contributed by atoms with Crippen LogP contribution in [0.2, 0.25) is 0 Å². The van der Waals surface area contributed by atoms with Gasteiger partial charge in [-0.25, -0.2) is 0 Å². The SMILES string of the molecule is C=CC(O)CC/C=C\CO. The van der Waals surface area contributed by atoms with Gasteiger partial charge < -0.3 is 10.2 Å². The fraction of sp³-hybridized carbons (Fsp3) is 0.500. The lowest BCUT2D eigenvalue weighted by Gasteiger charge is -1.99. The Balaban J connectivity index is 3.18. The number of aliphatic hydroxyl groups is 2. The molecule has 2 heteroatoms. The molecule has 0 amide bonds. The molecule has 0 aliphatic heterocycles. The predicted molar refractivity (Wildman–Crippen MR) is 41.7 cm³/mol. The standard InChI is InChI=1S/C8H14O2/c1-2-8(10)6-4-3-5-7-9/h2-3,5,8-10H,1,4,6-7H2/b5-3-. The summed E-state index contributed by atoms with van der Waals surface area (Å²) >= 11 is 0. The molecule has 1 unspecified atom stereocenters. The zero-order chi connectivity index (χ0) is 7.82. The van der Waals surface area contributed by atoms with Gasteiger partial charge in [-0.1, -0.05) is 18.2 Å². The first-order valence-electron chi connectivity index (χ1n) is 3.37. The summed E-state index contributed by atoms with van der Waals surface area (Å²) < 4.78 is 0. The summed E-state index contributed by atoms with van der Waals surface area (Å²) in [6, 6.07) is 0. The minimum Gasteiger partial charge on any atom is -0.392 e. The van der Waals surface area contributed by atoms with E-state index < -0.39 is 6.10 Å². The second kappa shape index (κ2) is 6.52. The fourth-order valence-electron chi connectivity index (χ4n) is 0.577. The van der Waals surface area contributed by atoms with E-state index in [1.807, 2.05) is 6.08 Å². The molecule has 0 saturated carbocycles. The van der Waals surface area contributed by atoms with Gasteiger partial charge in [0.15, 0.2) is 0 Å². The van der Waals surface area contributed by atoms with Gasteiger partial charge in [0, 0.05) is 0 Å². The topological polar surface area (TPSA) is 40.5 Å². The number of aliphatic hydroxyl groups excluding tert-OH is 2. The molecule has 0 aromatic rings. The van der Waals surface area contributed by atoms with E-state index in [9.17, 15) is 0 Å². The molecule has 2 N–H and O–H groups in total. The van der Waals surface area contributed by atoms with Crippen LogP contribution in [0.1, 0.15) is 12.8 Å². The lowest BCUT2D eigenvalue weighted by molar-refractivity contribution is 0.214. The molecule has 0 spiro atoms. The van der Waals surface area contributed by atoms with E-state index in [1.165, 1.54) is 6.08 Å². The molecule has 0 rings (SSSR count). The maximum absolute atomic E-state index is 8.94. The number of allylic oxidation sites excluding steroid dienone is 1. The molecular formula is C8H14O2. The van der Waals surface area contributed by atoms with Crippen molar-refractivity contribution in [2.24, 2.45) is 0 Å². The number of rotatable bonds is 5. The molecule has 0 aliphatic rings. The smallest absolute Gasteiger partial charge is 0.0721 e. The molecule has 0 aliphatic carbocycles. The molecular weight excluding hydrogens is 128 g/mol. The Morgan fingerprint density at radius 2 is 2.10 bits per heavy atom. The van der Waals surface area contributed by atoms with Crippen LogP contribution in [0.15, 0.2) is 24.8 Å². The van der Waals surface area contributed by atoms with Crippen LogP contribution in [0.3, 0.4) is 0 Å². The van der Waals surface area contributed by atoms with Crippen molar-refractivity contribution in [3.05, 3.63) is 24.8 Å². The lowest BCUT2D eigenvalue weighted by Crippen LogP contribution is -1.99. The lowest BCUT2D eigenvalue weighted by atomic mass is 10.2. The van der Waals surface area contributed by atoms with Gasteiger partial charge in [-0.2, -0.15) is 0 Å². The molecule has 0 saturated heterocycles. The molecule has 0 aromatic heterocycles. The zero-order valence-electron chi connectivity index (χ0n) is 6.03. The van der Waals surface area contributed by atoms with Crippen molar-refractivity contribution >= 4 is 0 Å². The molecule has 0 heterocycles. The van der Waals surface area contributed by atoms with Crippen LogP contribution in [-0.2, 0) is 0 Å². The van der Waals surface area contributed by atoms with Crippen molar-refractivity contribution in [2.45, 2.75) is 18.9 Å². The van der Waals surface area contributed by atoms with Gasteiger partial charge in [-0.3, -0.25) is 0 Å². The van der Waals surface area contributed by atoms with Gasteiger partial charge in [-0.15, -0.1) is 6.58 Å². The third-order valence-electron chi connectivity index (χ3n) is 1.17. The van der Waals surface area contributed by atoms with E-state index in [2.05, 4.69) is 6.58 Å². The van der Waals surface area contributed by atoms with Crippen LogP contribution >= 0.6 is 0 Å². The summed E-state index contributed by atoms with van der Waals surface area (Å²) in [6.45, 7) is 3.51. The Kier molecular flexibility index (Phi) is 6.13. The van der Waals surface area contributed by atoms with Crippen molar-refractivity contribution in [3.8, 4) is 0 Å². The Morgan fingerprint density at radius 3 is 2.60 bits per heavy atom. The molecule has 0 bridgehead atoms. The van der Waals surface area contributed by atoms with Crippen molar-refractivity contribution in [2.75, 3.05) is 6.61 Å². The minimum atomic E-state index is -0.414. The maximum atomic E-state index is 8.94. The van der Waals surface area contributed by atoms with Crippen LogP contribution in [0.5, 0.6) is 0 Å². The second-order valence-corrected chi connectivity index (χ2v) is 2.03. The van der Waals surface area contributed by atoms with Crippen molar-refractivity contribution in [1.82, 2.24) is 0 Å². The Morgan fingerprint density at radius 1 is 1.40 bits per heavy atom. The van der Waals surface area contributed by atoms with Crippen LogP contribution in [-0.4, -0.2) is 22.9 Å². The highest BCUT2D eigenvalue weighted by Gasteiger charge is 1.92. The molecule has 1 atom stereocenters. The minimum absolute atomic E-state index is 0.0736. The van der Waals surface area contributed by atoms with Crippen molar-refractivity contribution in [3.63, 3.8) is 0 Å². The van der Waals surface area contributed by atoms with Gasteiger partial charge in [0.25, 0.3) is 0 Å². The highest BCUT2D eigenvalue weighted by molar-refractivity contribution is 4.85. The summed E-state index contributed by atoms with van der Waals surface area (Å²) in [5, 5.41) is 17.3. The summed E-state index contributed by atoms with van der Waals surface area (Å²) in [6.07, 6.45) is 6.06. The van der Waals surface area contributed by atoms with Gasteiger partial charge in [-0.05, 0) is 12.8 Å². The normalized spacial score (nSPS) is 13.8. The first-order chi connectivity index (χ1) is 4.81. The van der Waals surface area contributed by atoms with Gasteiger partial charge in [0.1, 0.15) is 0 Å². The molecule has 0 aromatic carbocycles. The molecule has 58 valence electrons. The third-order valence-corrected chi connectivity index (χ3v) is 1.17. The van der Waals surface area contributed by atoms with Gasteiger partial charge in [0.2, 0.25) is 0 Å². The molecule has 0 radical (unpaired) electrons. The van der Waals surface area contributed by atoms with E-state index in [0.29, 0.717) is 6.42 Å². The fourth-order valence-corrected chi connectivity index (χ4v) is 0.577. The first kappa shape index (κ1) is 9.40. The molecule has 2 nitrogen and oxygen atoms in total. The van der Waals surface area contributed by atoms with Crippen LogP contribution in [0.4, 0.5) is 0 Å². The van der Waals surface area contributed by atoms with Crippen molar-refractivity contribution in [1.29, 1.82) is 0 Å². The monoisotopic (exact) mass is 142 g/mol. The second-order valence-electron chi connectivity index (χ2n) is 2.03. The highest BCUT2D eigenvalue weighted by Crippen LogP contribution is 1.97. The Labute approximate surface area is 61.5 Å². The first-order valence-corrected chi connectivity index (χ1v) is 3.37. The summed E-state index contributed by atoms with van der Waals surface area (Å²) in [5.41, 5.74) is 0. The summed E-state index contributed by atoms with van der Waals surface area (Å²) in [4.78, 5) is 0. The predicted octanol–water partition coefficient (Wildman–Crippen LogP) is 0.862. The Hall–Kier alpha value is -0.600. The van der Waals surface area contributed by atoms with E-state index in [4.69, 9.17) is 10.2 Å². The summed E-state index contributed by atoms with van der Waals surface area (Å²) in [7, 11) is 0. The van der Waals surface area contributed by atoms with E-state index in [-0.39, 0.29) is 6.61 Å². The Bertz CT molecular complexity index is 108. The quantitative estimate of drug-likeness (QED) is 0.559. The van der Waals surface area contributed by atoms with E-state index >= 15 is 0 Å². The number of hydrogen-bond acceptors (Lipinski definition) is 2. The summed E-state index contributed by atoms with van der Waals surface area (Å²) in [5.74, 6) is 0. The van der Waals surface area contributed by atoms with Crippen LogP contribution in [0.25, 0.3) is 0 Å². The average Bonchev–Trinajstić information content (AvgIpc) is 1.98. The third kappa shape index (κ3) is 5.54. The van der Waals surface area contributed by atoms with E-state index in [0.717, 1.165) is 6.42 Å². The van der Waals surface area contributed by atoms with Gasteiger partial charge in [0.05, 0.1) is 12.7 Å². The molecule has 10 heavy (non-hydrogen) atoms. The van der Waals surface area contributed by atoms with Gasteiger partial charge >= 0.3 is 0 Å². The largest absolute Gasteiger partial charge is 0.392 e. The van der Waals surface area contributed by atoms with E-state index in [1.54, 1.807) is 6.08 Å². The molecule has 0 fully saturated rings.